The summed E-state index contributed by atoms with van der Waals surface area (Å²) in [5, 5.41) is 6.00. The van der Waals surface area contributed by atoms with Gasteiger partial charge < -0.3 is 15.4 Å². The van der Waals surface area contributed by atoms with E-state index >= 15 is 0 Å². The van der Waals surface area contributed by atoms with Gasteiger partial charge in [-0.3, -0.25) is 0 Å². The van der Waals surface area contributed by atoms with Gasteiger partial charge in [-0.05, 0) is 49.9 Å². The lowest BCUT2D eigenvalue weighted by molar-refractivity contribution is -0.178. The zero-order valence-corrected chi connectivity index (χ0v) is 19.2. The monoisotopic (exact) mass is 477 g/mol. The van der Waals surface area contributed by atoms with Crippen LogP contribution in [0, 0.1) is 11.3 Å². The first-order valence-electron chi connectivity index (χ1n) is 10.9. The number of nitrogens with one attached hydrogen (secondary N) is 2. The van der Waals surface area contributed by atoms with Gasteiger partial charge >= 0.3 is 6.18 Å². The first-order chi connectivity index (χ1) is 14.9. The third kappa shape index (κ3) is 4.67. The van der Waals surface area contributed by atoms with Gasteiger partial charge in [-0.1, -0.05) is 0 Å². The number of rotatable bonds is 9. The minimum absolute atomic E-state index is 0.118. The first kappa shape index (κ1) is 23.5. The average Bonchev–Trinajstić information content (AvgIpc) is 2.66. The number of anilines is 2. The quantitative estimate of drug-likeness (QED) is 0.528. The Morgan fingerprint density at radius 3 is 2.50 bits per heavy atom. The lowest BCUT2D eigenvalue weighted by Gasteiger charge is -2.73. The molecule has 0 atom stereocenters. The van der Waals surface area contributed by atoms with E-state index in [0.29, 0.717) is 17.8 Å². The van der Waals surface area contributed by atoms with E-state index in [2.05, 4.69) is 20.6 Å². The lowest BCUT2D eigenvalue weighted by Crippen LogP contribution is -2.73. The van der Waals surface area contributed by atoms with Crippen molar-refractivity contribution >= 4 is 21.8 Å². The predicted octanol–water partition coefficient (Wildman–Crippen LogP) is 2.95. The molecule has 32 heavy (non-hydrogen) atoms. The van der Waals surface area contributed by atoms with Gasteiger partial charge in [0.25, 0.3) is 0 Å². The van der Waals surface area contributed by atoms with Crippen molar-refractivity contribution in [3.05, 3.63) is 11.8 Å². The first-order valence-corrected chi connectivity index (χ1v) is 12.7. The van der Waals surface area contributed by atoms with Crippen LogP contribution in [0.1, 0.15) is 44.1 Å². The molecule has 1 aliphatic heterocycles. The number of nitrogens with zero attached hydrogens (tertiary/aromatic N) is 3. The standard InChI is InChI=1S/C20H30F3N5O3S/c1-28(32(2,29)30)7-3-6-24-16-15(20(21,22)23)10-25-17(26-16)27-19-11-18(12-19,13-19)14-4-8-31-9-5-14/h10,14H,3-9,11-13H2,1-2H3,(H2,24,25,26,27). The Bertz CT molecular complexity index is 931. The van der Waals surface area contributed by atoms with E-state index in [1.54, 1.807) is 0 Å². The Kier molecular flexibility index (Phi) is 6.08. The van der Waals surface area contributed by atoms with Crippen molar-refractivity contribution in [3.63, 3.8) is 0 Å². The Balaban J connectivity index is 1.37. The molecule has 0 amide bonds. The van der Waals surface area contributed by atoms with Gasteiger partial charge in [-0.15, -0.1) is 0 Å². The summed E-state index contributed by atoms with van der Waals surface area (Å²) >= 11 is 0. The second-order valence-electron chi connectivity index (χ2n) is 9.50. The Morgan fingerprint density at radius 2 is 1.91 bits per heavy atom. The highest BCUT2D eigenvalue weighted by molar-refractivity contribution is 7.88. The van der Waals surface area contributed by atoms with Gasteiger partial charge in [0.05, 0.1) is 6.26 Å². The predicted molar refractivity (Wildman–Crippen MR) is 114 cm³/mol. The van der Waals surface area contributed by atoms with Crippen molar-refractivity contribution in [2.45, 2.75) is 50.2 Å². The molecule has 2 bridgehead atoms. The second-order valence-corrected chi connectivity index (χ2v) is 11.6. The summed E-state index contributed by atoms with van der Waals surface area (Å²) < 4.78 is 69.7. The van der Waals surface area contributed by atoms with E-state index in [-0.39, 0.29) is 30.4 Å². The van der Waals surface area contributed by atoms with Gasteiger partial charge in [-0.25, -0.2) is 17.7 Å². The maximum Gasteiger partial charge on any atom is 0.421 e. The molecular formula is C20H30F3N5O3S. The minimum atomic E-state index is -4.59. The molecule has 2 N–H and O–H groups in total. The summed E-state index contributed by atoms with van der Waals surface area (Å²) in [6.45, 7) is 1.96. The van der Waals surface area contributed by atoms with Crippen LogP contribution < -0.4 is 10.6 Å². The number of alkyl halides is 3. The molecule has 180 valence electrons. The highest BCUT2D eigenvalue weighted by Gasteiger charge is 2.70. The van der Waals surface area contributed by atoms with Crippen LogP contribution in [0.2, 0.25) is 0 Å². The third-order valence-corrected chi connectivity index (χ3v) is 8.45. The van der Waals surface area contributed by atoms with E-state index in [1.165, 1.54) is 7.05 Å². The topological polar surface area (TPSA) is 96.4 Å². The highest BCUT2D eigenvalue weighted by Crippen LogP contribution is 2.72. The molecule has 1 aromatic rings. The Labute approximate surface area is 186 Å². The Hall–Kier alpha value is -1.66. The van der Waals surface area contributed by atoms with Crippen LogP contribution >= 0.6 is 0 Å². The van der Waals surface area contributed by atoms with Crippen molar-refractivity contribution in [2.24, 2.45) is 11.3 Å². The summed E-state index contributed by atoms with van der Waals surface area (Å²) in [7, 11) is -1.90. The molecule has 4 aliphatic rings. The molecule has 4 fully saturated rings. The molecular weight excluding hydrogens is 447 g/mol. The van der Waals surface area contributed by atoms with E-state index in [1.807, 2.05) is 0 Å². The van der Waals surface area contributed by atoms with E-state index < -0.39 is 21.8 Å². The van der Waals surface area contributed by atoms with Gasteiger partial charge in [0, 0.05) is 45.1 Å². The summed E-state index contributed by atoms with van der Waals surface area (Å²) in [5.74, 6) is 0.563. The van der Waals surface area contributed by atoms with Crippen molar-refractivity contribution in [2.75, 3.05) is 50.2 Å². The van der Waals surface area contributed by atoms with Crippen LogP contribution in [0.4, 0.5) is 24.9 Å². The molecule has 0 spiro atoms. The fraction of sp³-hybridized carbons (Fsp3) is 0.800. The molecule has 3 aliphatic carbocycles. The average molecular weight is 478 g/mol. The summed E-state index contributed by atoms with van der Waals surface area (Å²) in [6, 6.07) is 0. The molecule has 5 rings (SSSR count). The zero-order chi connectivity index (χ0) is 23.2. The number of ether oxygens (including phenoxy) is 1. The molecule has 0 unspecified atom stereocenters. The maximum atomic E-state index is 13.4. The molecule has 3 saturated carbocycles. The highest BCUT2D eigenvalue weighted by atomic mass is 32.2. The van der Waals surface area contributed by atoms with Crippen LogP contribution in [0.5, 0.6) is 0 Å². The number of hydrogen-bond acceptors (Lipinski definition) is 7. The molecule has 1 aromatic heterocycles. The molecule has 0 radical (unpaired) electrons. The van der Waals surface area contributed by atoms with Gasteiger partial charge in [-0.2, -0.15) is 18.2 Å². The van der Waals surface area contributed by atoms with Crippen molar-refractivity contribution < 1.29 is 26.3 Å². The maximum absolute atomic E-state index is 13.4. The lowest BCUT2D eigenvalue weighted by atomic mass is 9.35. The molecule has 2 heterocycles. The van der Waals surface area contributed by atoms with Crippen LogP contribution in [0.25, 0.3) is 0 Å². The molecule has 12 heteroatoms. The van der Waals surface area contributed by atoms with E-state index in [9.17, 15) is 21.6 Å². The molecule has 0 aromatic carbocycles. The minimum Gasteiger partial charge on any atom is -0.381 e. The number of aromatic nitrogens is 2. The zero-order valence-electron chi connectivity index (χ0n) is 18.3. The van der Waals surface area contributed by atoms with Crippen LogP contribution in [0.3, 0.4) is 0 Å². The van der Waals surface area contributed by atoms with Gasteiger partial charge in [0.1, 0.15) is 11.4 Å². The van der Waals surface area contributed by atoms with Crippen LogP contribution in [0.15, 0.2) is 6.20 Å². The summed E-state index contributed by atoms with van der Waals surface area (Å²) in [5.41, 5.74) is -0.709. The van der Waals surface area contributed by atoms with E-state index in [0.717, 1.165) is 62.1 Å². The van der Waals surface area contributed by atoms with Gasteiger partial charge in [0.15, 0.2) is 0 Å². The molecule has 8 nitrogen and oxygen atoms in total. The molecule has 1 saturated heterocycles. The number of sulfonamides is 1. The smallest absolute Gasteiger partial charge is 0.381 e. The van der Waals surface area contributed by atoms with Crippen LogP contribution in [-0.4, -0.2) is 67.8 Å². The Morgan fingerprint density at radius 1 is 1.25 bits per heavy atom. The van der Waals surface area contributed by atoms with Crippen molar-refractivity contribution in [3.8, 4) is 0 Å². The van der Waals surface area contributed by atoms with Gasteiger partial charge in [0.2, 0.25) is 16.0 Å². The summed E-state index contributed by atoms with van der Waals surface area (Å²) in [4.78, 5) is 8.06. The second kappa shape index (κ2) is 8.28. The third-order valence-electron chi connectivity index (χ3n) is 7.14. The SMILES string of the molecule is CN(CCCNc1nc(NC23CC(C4CCOCC4)(C2)C3)ncc1C(F)(F)F)S(C)(=O)=O. The van der Waals surface area contributed by atoms with Crippen molar-refractivity contribution in [1.29, 1.82) is 0 Å². The van der Waals surface area contributed by atoms with Crippen molar-refractivity contribution in [1.82, 2.24) is 14.3 Å². The normalized spacial score (nSPS) is 28.2. The fourth-order valence-corrected chi connectivity index (χ4v) is 5.90. The largest absolute Gasteiger partial charge is 0.421 e. The summed E-state index contributed by atoms with van der Waals surface area (Å²) in [6.07, 6.45) is 2.78. The van der Waals surface area contributed by atoms with E-state index in [4.69, 9.17) is 4.74 Å². The number of hydrogen-bond donors (Lipinski definition) is 2. The van der Waals surface area contributed by atoms with Crippen LogP contribution in [-0.2, 0) is 20.9 Å². The number of halogens is 3. The fourth-order valence-electron chi connectivity index (χ4n) is 5.44.